The minimum absolute atomic E-state index is 0.000659. The molecule has 0 bridgehead atoms. The SMILES string of the molecule is CCS(=O)(=O)c1ccc(Cl)cc1CNC(=O)c1ccc(CN2CCN(C(=O)CN)CC2)c(C(F)(F)F)c1. The van der Waals surface area contributed by atoms with E-state index in [1.807, 2.05) is 0 Å². The van der Waals surface area contributed by atoms with E-state index in [0.29, 0.717) is 26.2 Å². The number of amides is 2. The van der Waals surface area contributed by atoms with Gasteiger partial charge in [0, 0.05) is 49.9 Å². The van der Waals surface area contributed by atoms with Gasteiger partial charge in [-0.1, -0.05) is 24.6 Å². The molecule has 37 heavy (non-hydrogen) atoms. The Hall–Kier alpha value is -2.67. The zero-order valence-corrected chi connectivity index (χ0v) is 21.7. The summed E-state index contributed by atoms with van der Waals surface area (Å²) in [5.74, 6) is -1.15. The number of sulfone groups is 1. The van der Waals surface area contributed by atoms with Crippen molar-refractivity contribution in [3.63, 3.8) is 0 Å². The van der Waals surface area contributed by atoms with Crippen LogP contribution in [0.1, 0.15) is 34.0 Å². The Morgan fingerprint density at radius 1 is 1.05 bits per heavy atom. The highest BCUT2D eigenvalue weighted by atomic mass is 35.5. The molecule has 3 N–H and O–H groups in total. The van der Waals surface area contributed by atoms with Crippen LogP contribution in [0.25, 0.3) is 0 Å². The molecule has 1 aliphatic rings. The maximum absolute atomic E-state index is 13.9. The Labute approximate surface area is 218 Å². The van der Waals surface area contributed by atoms with Crippen LogP contribution in [0.3, 0.4) is 0 Å². The molecule has 0 saturated carbocycles. The number of carbonyl (C=O) groups is 2. The average Bonchev–Trinajstić information content (AvgIpc) is 2.86. The lowest BCUT2D eigenvalue weighted by molar-refractivity contribution is -0.138. The van der Waals surface area contributed by atoms with E-state index in [-0.39, 0.29) is 57.9 Å². The number of nitrogens with two attached hydrogens (primary N) is 1. The van der Waals surface area contributed by atoms with Crippen molar-refractivity contribution in [3.05, 3.63) is 63.7 Å². The summed E-state index contributed by atoms with van der Waals surface area (Å²) in [6.07, 6.45) is -4.70. The van der Waals surface area contributed by atoms with E-state index >= 15 is 0 Å². The maximum Gasteiger partial charge on any atom is 0.416 e. The number of rotatable bonds is 8. The zero-order chi connectivity index (χ0) is 27.4. The fourth-order valence-electron chi connectivity index (χ4n) is 4.07. The lowest BCUT2D eigenvalue weighted by Gasteiger charge is -2.35. The molecule has 1 heterocycles. The van der Waals surface area contributed by atoms with Gasteiger partial charge >= 0.3 is 6.18 Å². The third-order valence-electron chi connectivity index (χ3n) is 6.15. The summed E-state index contributed by atoms with van der Waals surface area (Å²) in [6, 6.07) is 7.51. The molecule has 0 aromatic heterocycles. The monoisotopic (exact) mass is 560 g/mol. The van der Waals surface area contributed by atoms with Crippen molar-refractivity contribution in [2.24, 2.45) is 5.73 Å². The van der Waals surface area contributed by atoms with Crippen LogP contribution in [0.2, 0.25) is 5.02 Å². The fraction of sp³-hybridized carbons (Fsp3) is 0.417. The number of hydrogen-bond donors (Lipinski definition) is 2. The summed E-state index contributed by atoms with van der Waals surface area (Å²) in [4.78, 5) is 27.8. The summed E-state index contributed by atoms with van der Waals surface area (Å²) in [6.45, 7) is 2.67. The number of carbonyl (C=O) groups excluding carboxylic acids is 2. The Kier molecular flexibility index (Phi) is 9.22. The number of alkyl halides is 3. The van der Waals surface area contributed by atoms with E-state index in [0.717, 1.165) is 6.07 Å². The summed E-state index contributed by atoms with van der Waals surface area (Å²) in [5.41, 5.74) is 4.47. The highest BCUT2D eigenvalue weighted by Gasteiger charge is 2.35. The molecule has 0 aliphatic carbocycles. The number of nitrogens with zero attached hydrogens (tertiary/aromatic N) is 2. The van der Waals surface area contributed by atoms with Crippen LogP contribution in [-0.2, 0) is 33.9 Å². The second-order valence-corrected chi connectivity index (χ2v) is 11.3. The Morgan fingerprint density at radius 3 is 2.32 bits per heavy atom. The first kappa shape index (κ1) is 28.9. The number of hydrogen-bond acceptors (Lipinski definition) is 6. The second kappa shape index (κ2) is 11.8. The number of benzene rings is 2. The molecule has 3 rings (SSSR count). The van der Waals surface area contributed by atoms with Crippen LogP contribution in [0, 0.1) is 0 Å². The zero-order valence-electron chi connectivity index (χ0n) is 20.1. The van der Waals surface area contributed by atoms with Crippen LogP contribution in [0.15, 0.2) is 41.3 Å². The lowest BCUT2D eigenvalue weighted by atomic mass is 10.0. The van der Waals surface area contributed by atoms with Crippen molar-refractivity contribution >= 4 is 33.3 Å². The van der Waals surface area contributed by atoms with Crippen molar-refractivity contribution in [2.45, 2.75) is 31.1 Å². The van der Waals surface area contributed by atoms with E-state index in [1.165, 1.54) is 37.3 Å². The highest BCUT2D eigenvalue weighted by molar-refractivity contribution is 7.91. The van der Waals surface area contributed by atoms with Crippen LogP contribution < -0.4 is 11.1 Å². The van der Waals surface area contributed by atoms with Gasteiger partial charge < -0.3 is 16.0 Å². The van der Waals surface area contributed by atoms with E-state index < -0.39 is 27.5 Å². The summed E-state index contributed by atoms with van der Waals surface area (Å²) < 4.78 is 66.4. The molecule has 13 heteroatoms. The van der Waals surface area contributed by atoms with Crippen LogP contribution in [-0.4, -0.2) is 68.5 Å². The molecule has 202 valence electrons. The van der Waals surface area contributed by atoms with Gasteiger partial charge in [0.2, 0.25) is 5.91 Å². The standard InChI is InChI=1S/C24H28ClF3N4O4S/c1-2-37(35,36)21-6-5-19(25)11-18(21)14-30-23(34)16-3-4-17(20(12-16)24(26,27)28)15-31-7-9-32(10-8-31)22(33)13-29/h3-6,11-12H,2,7-10,13-15,29H2,1H3,(H,30,34). The third kappa shape index (κ3) is 7.22. The predicted molar refractivity (Wildman–Crippen MR) is 133 cm³/mol. The highest BCUT2D eigenvalue weighted by Crippen LogP contribution is 2.33. The molecule has 2 aromatic rings. The maximum atomic E-state index is 13.9. The lowest BCUT2D eigenvalue weighted by Crippen LogP contribution is -2.50. The van der Waals surface area contributed by atoms with Crippen molar-refractivity contribution in [1.82, 2.24) is 15.1 Å². The smallest absolute Gasteiger partial charge is 0.348 e. The average molecular weight is 561 g/mol. The molecule has 0 atom stereocenters. The quantitative estimate of drug-likeness (QED) is 0.513. The van der Waals surface area contributed by atoms with Crippen molar-refractivity contribution in [3.8, 4) is 0 Å². The van der Waals surface area contributed by atoms with Gasteiger partial charge in [0.25, 0.3) is 5.91 Å². The van der Waals surface area contributed by atoms with Gasteiger partial charge in [-0.05, 0) is 41.5 Å². The van der Waals surface area contributed by atoms with Gasteiger partial charge in [0.1, 0.15) is 0 Å². The van der Waals surface area contributed by atoms with E-state index in [9.17, 15) is 31.2 Å². The Morgan fingerprint density at radius 2 is 1.73 bits per heavy atom. The van der Waals surface area contributed by atoms with E-state index in [2.05, 4.69) is 5.32 Å². The first-order chi connectivity index (χ1) is 17.4. The molecular formula is C24H28ClF3N4O4S. The van der Waals surface area contributed by atoms with E-state index in [4.69, 9.17) is 17.3 Å². The van der Waals surface area contributed by atoms with Gasteiger partial charge in [0.05, 0.1) is 22.8 Å². The van der Waals surface area contributed by atoms with Gasteiger partial charge in [-0.3, -0.25) is 14.5 Å². The first-order valence-electron chi connectivity index (χ1n) is 11.6. The molecule has 2 amide bonds. The number of piperazine rings is 1. The Bertz CT molecular complexity index is 1260. The third-order valence-corrected chi connectivity index (χ3v) is 8.21. The topological polar surface area (TPSA) is 113 Å². The summed E-state index contributed by atoms with van der Waals surface area (Å²) >= 11 is 5.98. The number of halogens is 4. The minimum Gasteiger partial charge on any atom is -0.348 e. The van der Waals surface area contributed by atoms with Gasteiger partial charge in [0.15, 0.2) is 9.84 Å². The molecule has 2 aromatic carbocycles. The van der Waals surface area contributed by atoms with Crippen LogP contribution >= 0.6 is 11.6 Å². The number of nitrogens with one attached hydrogen (secondary N) is 1. The largest absolute Gasteiger partial charge is 0.416 e. The van der Waals surface area contributed by atoms with Gasteiger partial charge in [-0.2, -0.15) is 13.2 Å². The predicted octanol–water partition coefficient (Wildman–Crippen LogP) is 2.69. The van der Waals surface area contributed by atoms with Crippen LogP contribution in [0.5, 0.6) is 0 Å². The van der Waals surface area contributed by atoms with Crippen molar-refractivity contribution < 1.29 is 31.2 Å². The molecule has 0 unspecified atom stereocenters. The molecule has 0 radical (unpaired) electrons. The first-order valence-corrected chi connectivity index (χ1v) is 13.6. The van der Waals surface area contributed by atoms with Crippen LogP contribution in [0.4, 0.5) is 13.2 Å². The van der Waals surface area contributed by atoms with E-state index in [1.54, 1.807) is 9.80 Å². The summed E-state index contributed by atoms with van der Waals surface area (Å²) in [5, 5.41) is 2.75. The molecule has 1 fully saturated rings. The van der Waals surface area contributed by atoms with Crippen molar-refractivity contribution in [1.29, 1.82) is 0 Å². The normalized spacial score (nSPS) is 15.0. The molecule has 1 saturated heterocycles. The van der Waals surface area contributed by atoms with Crippen molar-refractivity contribution in [2.75, 3.05) is 38.5 Å². The van der Waals surface area contributed by atoms with Gasteiger partial charge in [-0.15, -0.1) is 0 Å². The molecular weight excluding hydrogens is 533 g/mol. The fourth-order valence-corrected chi connectivity index (χ4v) is 5.38. The molecule has 0 spiro atoms. The summed E-state index contributed by atoms with van der Waals surface area (Å²) in [7, 11) is -3.61. The minimum atomic E-state index is -4.70. The van der Waals surface area contributed by atoms with Gasteiger partial charge in [-0.25, -0.2) is 8.42 Å². The molecule has 8 nitrogen and oxygen atoms in total. The second-order valence-electron chi connectivity index (χ2n) is 8.57. The Balaban J connectivity index is 1.76. The molecule has 1 aliphatic heterocycles.